The number of anilines is 1. The third-order valence-corrected chi connectivity index (χ3v) is 4.17. The Labute approximate surface area is 158 Å². The Kier molecular flexibility index (Phi) is 5.71. The van der Waals surface area contributed by atoms with E-state index in [-0.39, 0.29) is 0 Å². The molecule has 1 heterocycles. The fourth-order valence-corrected chi connectivity index (χ4v) is 2.75. The molecule has 0 atom stereocenters. The van der Waals surface area contributed by atoms with Gasteiger partial charge in [-0.15, -0.1) is 0 Å². The maximum atomic E-state index is 12.6. The number of Topliss-reactive ketones (excluding diaryl/α,β-unsaturated/α-hetero) is 1. The van der Waals surface area contributed by atoms with Crippen molar-refractivity contribution < 1.29 is 14.3 Å². The van der Waals surface area contributed by atoms with E-state index in [1.54, 1.807) is 47.2 Å². The molecule has 27 heavy (non-hydrogen) atoms. The van der Waals surface area contributed by atoms with Gasteiger partial charge in [-0.2, -0.15) is 0 Å². The molecule has 0 aliphatic carbocycles. The van der Waals surface area contributed by atoms with Crippen LogP contribution in [-0.4, -0.2) is 22.9 Å². The summed E-state index contributed by atoms with van der Waals surface area (Å²) in [4.78, 5) is 25.0. The molecule has 0 unspecified atom stereocenters. The van der Waals surface area contributed by atoms with Gasteiger partial charge in [-0.1, -0.05) is 29.8 Å². The lowest BCUT2D eigenvalue weighted by Gasteiger charge is -2.10. The Morgan fingerprint density at radius 1 is 1.00 bits per heavy atom. The van der Waals surface area contributed by atoms with E-state index in [1.165, 1.54) is 5.56 Å². The Morgan fingerprint density at radius 3 is 2.37 bits per heavy atom. The number of rotatable bonds is 7. The highest BCUT2D eigenvalue weighted by molar-refractivity contribution is 6.46. The predicted molar refractivity (Wildman–Crippen MR) is 105 cm³/mol. The molecule has 2 aromatic carbocycles. The molecule has 3 aromatic rings. The number of ketones is 1. The van der Waals surface area contributed by atoms with Crippen molar-refractivity contribution in [2.75, 3.05) is 11.9 Å². The van der Waals surface area contributed by atoms with Crippen LogP contribution in [0.4, 0.5) is 5.69 Å². The zero-order chi connectivity index (χ0) is 19.2. The molecule has 1 aromatic heterocycles. The Bertz CT molecular complexity index is 925. The van der Waals surface area contributed by atoms with Crippen LogP contribution in [0.3, 0.4) is 0 Å². The first-order valence-electron chi connectivity index (χ1n) is 8.86. The van der Waals surface area contributed by atoms with Crippen LogP contribution >= 0.6 is 0 Å². The number of aryl methyl sites for hydroxylation is 1. The first-order chi connectivity index (χ1) is 13.1. The van der Waals surface area contributed by atoms with Gasteiger partial charge in [0.25, 0.3) is 11.7 Å². The Balaban J connectivity index is 1.69. The van der Waals surface area contributed by atoms with E-state index >= 15 is 0 Å². The summed E-state index contributed by atoms with van der Waals surface area (Å²) in [6.07, 6.45) is 1.80. The van der Waals surface area contributed by atoms with E-state index in [0.717, 1.165) is 5.56 Å². The van der Waals surface area contributed by atoms with Crippen molar-refractivity contribution in [2.24, 2.45) is 0 Å². The third kappa shape index (κ3) is 4.64. The minimum atomic E-state index is -0.664. The molecular formula is C22H22N2O3. The van der Waals surface area contributed by atoms with Crippen LogP contribution in [0.15, 0.2) is 66.9 Å². The summed E-state index contributed by atoms with van der Waals surface area (Å²) in [6.45, 7) is 5.03. The summed E-state index contributed by atoms with van der Waals surface area (Å²) in [6, 6.07) is 18.4. The molecule has 0 bridgehead atoms. The van der Waals surface area contributed by atoms with Gasteiger partial charge in [0.1, 0.15) is 5.75 Å². The van der Waals surface area contributed by atoms with Crippen LogP contribution in [-0.2, 0) is 11.3 Å². The average molecular weight is 362 g/mol. The van der Waals surface area contributed by atoms with Gasteiger partial charge in [0.2, 0.25) is 0 Å². The minimum absolute atomic E-state index is 0.360. The number of nitrogens with zero attached hydrogens (tertiary/aromatic N) is 1. The number of hydrogen-bond donors (Lipinski definition) is 1. The molecule has 1 amide bonds. The fraction of sp³-hybridized carbons (Fsp3) is 0.182. The van der Waals surface area contributed by atoms with E-state index in [2.05, 4.69) is 5.32 Å². The lowest BCUT2D eigenvalue weighted by molar-refractivity contribution is -0.112. The number of carbonyl (C=O) groups excluding carboxylic acids is 2. The molecule has 0 radical (unpaired) electrons. The molecule has 0 saturated carbocycles. The Morgan fingerprint density at radius 2 is 1.70 bits per heavy atom. The van der Waals surface area contributed by atoms with Crippen LogP contribution < -0.4 is 10.1 Å². The highest BCUT2D eigenvalue weighted by Crippen LogP contribution is 2.16. The molecule has 0 aliphatic heterocycles. The molecule has 0 aliphatic rings. The maximum absolute atomic E-state index is 12.6. The number of hydrogen-bond acceptors (Lipinski definition) is 3. The highest BCUT2D eigenvalue weighted by atomic mass is 16.5. The molecular weight excluding hydrogens is 340 g/mol. The van der Waals surface area contributed by atoms with Crippen LogP contribution in [0.1, 0.15) is 28.5 Å². The summed E-state index contributed by atoms with van der Waals surface area (Å²) in [7, 11) is 0. The average Bonchev–Trinajstić information content (AvgIpc) is 3.13. The standard InChI is InChI=1S/C22H22N2O3/c1-3-27-19-12-10-18(11-13-19)23-22(26)21(25)20-5-4-14-24(20)15-17-8-6-16(2)7-9-17/h4-14H,3,15H2,1-2H3,(H,23,26). The third-order valence-electron chi connectivity index (χ3n) is 4.17. The topological polar surface area (TPSA) is 60.3 Å². The van der Waals surface area contributed by atoms with Crippen LogP contribution in [0, 0.1) is 6.92 Å². The predicted octanol–water partition coefficient (Wildman–Crippen LogP) is 4.06. The summed E-state index contributed by atoms with van der Waals surface area (Å²) in [5.41, 5.74) is 3.16. The van der Waals surface area contributed by atoms with Crippen LogP contribution in [0.2, 0.25) is 0 Å². The van der Waals surface area contributed by atoms with Crippen molar-refractivity contribution in [3.63, 3.8) is 0 Å². The monoisotopic (exact) mass is 362 g/mol. The number of ether oxygens (including phenoxy) is 1. The van der Waals surface area contributed by atoms with Crippen molar-refractivity contribution in [3.05, 3.63) is 83.7 Å². The van der Waals surface area contributed by atoms with E-state index in [9.17, 15) is 9.59 Å². The first kappa shape index (κ1) is 18.5. The quantitative estimate of drug-likeness (QED) is 0.509. The molecule has 0 fully saturated rings. The second-order valence-corrected chi connectivity index (χ2v) is 6.25. The summed E-state index contributed by atoms with van der Waals surface area (Å²) in [5.74, 6) is -0.516. The number of amides is 1. The van der Waals surface area contributed by atoms with E-state index in [0.29, 0.717) is 30.3 Å². The first-order valence-corrected chi connectivity index (χ1v) is 8.86. The highest BCUT2D eigenvalue weighted by Gasteiger charge is 2.20. The van der Waals surface area contributed by atoms with Gasteiger partial charge < -0.3 is 14.6 Å². The molecule has 138 valence electrons. The van der Waals surface area contributed by atoms with E-state index < -0.39 is 11.7 Å². The van der Waals surface area contributed by atoms with Crippen LogP contribution in [0.25, 0.3) is 0 Å². The largest absolute Gasteiger partial charge is 0.494 e. The minimum Gasteiger partial charge on any atom is -0.494 e. The fourth-order valence-electron chi connectivity index (χ4n) is 2.75. The van der Waals surface area contributed by atoms with Gasteiger partial charge in [0.05, 0.1) is 12.3 Å². The number of aromatic nitrogens is 1. The second kappa shape index (κ2) is 8.36. The lowest BCUT2D eigenvalue weighted by Crippen LogP contribution is -2.25. The molecule has 5 heteroatoms. The summed E-state index contributed by atoms with van der Waals surface area (Å²) in [5, 5.41) is 2.64. The van der Waals surface area contributed by atoms with Gasteiger partial charge in [-0.3, -0.25) is 9.59 Å². The van der Waals surface area contributed by atoms with Crippen molar-refractivity contribution in [1.29, 1.82) is 0 Å². The van der Waals surface area contributed by atoms with Crippen molar-refractivity contribution in [1.82, 2.24) is 4.57 Å². The molecule has 3 rings (SSSR count). The van der Waals surface area contributed by atoms with Crippen molar-refractivity contribution in [3.8, 4) is 5.75 Å². The van der Waals surface area contributed by atoms with Gasteiger partial charge >= 0.3 is 0 Å². The Hall–Kier alpha value is -3.34. The van der Waals surface area contributed by atoms with Crippen LogP contribution in [0.5, 0.6) is 5.75 Å². The molecule has 0 saturated heterocycles. The van der Waals surface area contributed by atoms with Gasteiger partial charge in [0.15, 0.2) is 0 Å². The summed E-state index contributed by atoms with van der Waals surface area (Å²) >= 11 is 0. The molecule has 1 N–H and O–H groups in total. The van der Waals surface area contributed by atoms with Gasteiger partial charge in [0, 0.05) is 18.4 Å². The zero-order valence-electron chi connectivity index (χ0n) is 15.4. The number of benzene rings is 2. The van der Waals surface area contributed by atoms with E-state index in [1.807, 2.05) is 38.1 Å². The lowest BCUT2D eigenvalue weighted by atomic mass is 10.1. The normalized spacial score (nSPS) is 10.4. The number of nitrogens with one attached hydrogen (secondary N) is 1. The SMILES string of the molecule is CCOc1ccc(NC(=O)C(=O)c2cccn2Cc2ccc(C)cc2)cc1. The van der Waals surface area contributed by atoms with Crippen molar-refractivity contribution in [2.45, 2.75) is 20.4 Å². The molecule has 0 spiro atoms. The summed E-state index contributed by atoms with van der Waals surface area (Å²) < 4.78 is 7.15. The second-order valence-electron chi connectivity index (χ2n) is 6.25. The maximum Gasteiger partial charge on any atom is 0.298 e. The smallest absolute Gasteiger partial charge is 0.298 e. The van der Waals surface area contributed by atoms with Crippen molar-refractivity contribution >= 4 is 17.4 Å². The van der Waals surface area contributed by atoms with E-state index in [4.69, 9.17) is 4.74 Å². The van der Waals surface area contributed by atoms with Gasteiger partial charge in [-0.25, -0.2) is 0 Å². The molecule has 5 nitrogen and oxygen atoms in total. The number of carbonyl (C=O) groups is 2. The van der Waals surface area contributed by atoms with Gasteiger partial charge in [-0.05, 0) is 55.8 Å². The zero-order valence-corrected chi connectivity index (χ0v) is 15.4.